The third-order valence-electron chi connectivity index (χ3n) is 2.91. The van der Waals surface area contributed by atoms with E-state index >= 15 is 0 Å². The molecule has 20 heavy (non-hydrogen) atoms. The molecule has 4 heteroatoms. The maximum Gasteiger partial charge on any atom is 0.175 e. The molecule has 0 amide bonds. The molecule has 2 nitrogen and oxygen atoms in total. The Kier molecular flexibility index (Phi) is 4.99. The third-order valence-corrected chi connectivity index (χ3v) is 3.35. The summed E-state index contributed by atoms with van der Waals surface area (Å²) >= 11 is 11.3. The Labute approximate surface area is 130 Å². The number of halogens is 1. The summed E-state index contributed by atoms with van der Waals surface area (Å²) in [5.41, 5.74) is 3.14. The van der Waals surface area contributed by atoms with Gasteiger partial charge in [-0.2, -0.15) is 0 Å². The predicted octanol–water partition coefficient (Wildman–Crippen LogP) is 5.27. The van der Waals surface area contributed by atoms with Crippen molar-refractivity contribution in [1.82, 2.24) is 0 Å². The van der Waals surface area contributed by atoms with E-state index in [1.54, 1.807) is 0 Å². The zero-order chi connectivity index (χ0) is 14.5. The van der Waals surface area contributed by atoms with E-state index in [4.69, 9.17) is 23.8 Å². The lowest BCUT2D eigenvalue weighted by atomic mass is 10.0. The molecule has 2 rings (SSSR count). The second-order valence-electron chi connectivity index (χ2n) is 4.83. The topological polar surface area (TPSA) is 24.1 Å². The van der Waals surface area contributed by atoms with Crippen molar-refractivity contribution in [3.63, 3.8) is 0 Å². The molecule has 0 spiro atoms. The summed E-state index contributed by atoms with van der Waals surface area (Å²) in [6, 6.07) is 15.6. The molecule has 2 aromatic rings. The van der Waals surface area contributed by atoms with Gasteiger partial charge in [0.1, 0.15) is 0 Å². The Bertz CT molecular complexity index is 611. The minimum atomic E-state index is 0.438. The smallest absolute Gasteiger partial charge is 0.175 e. The molecule has 0 unspecified atom stereocenters. The van der Waals surface area contributed by atoms with E-state index in [0.717, 1.165) is 11.4 Å². The van der Waals surface area contributed by atoms with Gasteiger partial charge in [0.25, 0.3) is 0 Å². The summed E-state index contributed by atoms with van der Waals surface area (Å²) in [5, 5.41) is 7.61. The van der Waals surface area contributed by atoms with Crippen LogP contribution in [0.2, 0.25) is 5.02 Å². The highest BCUT2D eigenvalue weighted by Gasteiger charge is 2.07. The van der Waals surface area contributed by atoms with Crippen LogP contribution in [-0.2, 0) is 0 Å². The summed E-state index contributed by atoms with van der Waals surface area (Å²) in [6.45, 7) is 4.32. The van der Waals surface area contributed by atoms with Crippen molar-refractivity contribution in [1.29, 1.82) is 0 Å². The SMILES string of the molecule is CC(C)c1ccccc1NC(=S)Nc1cccc(Cl)c1. The van der Waals surface area contributed by atoms with Crippen LogP contribution in [0.15, 0.2) is 48.5 Å². The first-order valence-electron chi connectivity index (χ1n) is 6.49. The highest BCUT2D eigenvalue weighted by molar-refractivity contribution is 7.80. The molecule has 0 bridgehead atoms. The molecule has 104 valence electrons. The highest BCUT2D eigenvalue weighted by Crippen LogP contribution is 2.24. The zero-order valence-electron chi connectivity index (χ0n) is 11.5. The van der Waals surface area contributed by atoms with Crippen LogP contribution >= 0.6 is 23.8 Å². The van der Waals surface area contributed by atoms with Crippen molar-refractivity contribution >= 4 is 40.3 Å². The molecule has 0 fully saturated rings. The van der Waals surface area contributed by atoms with Crippen LogP contribution in [0.25, 0.3) is 0 Å². The molecule has 0 aliphatic rings. The minimum absolute atomic E-state index is 0.438. The van der Waals surface area contributed by atoms with Crippen molar-refractivity contribution in [2.75, 3.05) is 10.6 Å². The van der Waals surface area contributed by atoms with Crippen LogP contribution < -0.4 is 10.6 Å². The Morgan fingerprint density at radius 2 is 1.80 bits per heavy atom. The highest BCUT2D eigenvalue weighted by atomic mass is 35.5. The van der Waals surface area contributed by atoms with Crippen molar-refractivity contribution in [3.8, 4) is 0 Å². The van der Waals surface area contributed by atoms with Crippen molar-refractivity contribution < 1.29 is 0 Å². The van der Waals surface area contributed by atoms with Crippen LogP contribution in [0.5, 0.6) is 0 Å². The summed E-state index contributed by atoms with van der Waals surface area (Å²) in [4.78, 5) is 0. The maximum atomic E-state index is 5.95. The van der Waals surface area contributed by atoms with E-state index in [1.807, 2.05) is 42.5 Å². The van der Waals surface area contributed by atoms with E-state index in [1.165, 1.54) is 5.56 Å². The summed E-state index contributed by atoms with van der Waals surface area (Å²) < 4.78 is 0. The molecular formula is C16H17ClN2S. The van der Waals surface area contributed by atoms with Gasteiger partial charge >= 0.3 is 0 Å². The molecule has 0 radical (unpaired) electrons. The summed E-state index contributed by atoms with van der Waals surface area (Å²) in [7, 11) is 0. The zero-order valence-corrected chi connectivity index (χ0v) is 13.1. The van der Waals surface area contributed by atoms with E-state index in [0.29, 0.717) is 16.1 Å². The second kappa shape index (κ2) is 6.73. The van der Waals surface area contributed by atoms with Gasteiger partial charge in [0, 0.05) is 16.4 Å². The van der Waals surface area contributed by atoms with Crippen LogP contribution in [0.4, 0.5) is 11.4 Å². The number of para-hydroxylation sites is 1. The lowest BCUT2D eigenvalue weighted by molar-refractivity contribution is 0.869. The minimum Gasteiger partial charge on any atom is -0.332 e. The average Bonchev–Trinajstić information content (AvgIpc) is 2.38. The maximum absolute atomic E-state index is 5.95. The molecule has 0 saturated heterocycles. The Morgan fingerprint density at radius 3 is 2.50 bits per heavy atom. The molecule has 2 N–H and O–H groups in total. The first-order chi connectivity index (χ1) is 9.56. The molecule has 0 atom stereocenters. The molecular weight excluding hydrogens is 288 g/mol. The lowest BCUT2D eigenvalue weighted by Crippen LogP contribution is -2.20. The van der Waals surface area contributed by atoms with Crippen LogP contribution in [0, 0.1) is 0 Å². The standard InChI is InChI=1S/C16H17ClN2S/c1-11(2)14-8-3-4-9-15(14)19-16(20)18-13-7-5-6-12(17)10-13/h3-11H,1-2H3,(H2,18,19,20). The van der Waals surface area contributed by atoms with E-state index < -0.39 is 0 Å². The number of nitrogens with one attached hydrogen (secondary N) is 2. The fourth-order valence-corrected chi connectivity index (χ4v) is 2.38. The summed E-state index contributed by atoms with van der Waals surface area (Å²) in [5.74, 6) is 0.438. The normalized spacial score (nSPS) is 10.4. The van der Waals surface area contributed by atoms with Gasteiger partial charge in [0.15, 0.2) is 5.11 Å². The van der Waals surface area contributed by atoms with Crippen molar-refractivity contribution in [2.24, 2.45) is 0 Å². The molecule has 0 aromatic heterocycles. The van der Waals surface area contributed by atoms with Crippen molar-refractivity contribution in [2.45, 2.75) is 19.8 Å². The number of benzene rings is 2. The molecule has 0 heterocycles. The molecule has 2 aromatic carbocycles. The Hall–Kier alpha value is -1.58. The average molecular weight is 305 g/mol. The monoisotopic (exact) mass is 304 g/mol. The van der Waals surface area contributed by atoms with Gasteiger partial charge in [-0.3, -0.25) is 0 Å². The lowest BCUT2D eigenvalue weighted by Gasteiger charge is -2.16. The first kappa shape index (κ1) is 14.8. The van der Waals surface area contributed by atoms with E-state index in [-0.39, 0.29) is 0 Å². The fourth-order valence-electron chi connectivity index (χ4n) is 1.97. The van der Waals surface area contributed by atoms with Gasteiger partial charge in [0.2, 0.25) is 0 Å². The van der Waals surface area contributed by atoms with Crippen LogP contribution in [0.1, 0.15) is 25.3 Å². The predicted molar refractivity (Wildman–Crippen MR) is 91.8 cm³/mol. The van der Waals surface area contributed by atoms with Gasteiger partial charge in [-0.05, 0) is 48.0 Å². The third kappa shape index (κ3) is 3.95. The fraction of sp³-hybridized carbons (Fsp3) is 0.188. The van der Waals surface area contributed by atoms with E-state index in [9.17, 15) is 0 Å². The molecule has 0 aliphatic carbocycles. The number of thiocarbonyl (C=S) groups is 1. The van der Waals surface area contributed by atoms with Crippen molar-refractivity contribution in [3.05, 3.63) is 59.1 Å². The van der Waals surface area contributed by atoms with Gasteiger partial charge in [-0.1, -0.05) is 49.7 Å². The number of rotatable bonds is 3. The molecule has 0 aliphatic heterocycles. The van der Waals surface area contributed by atoms with Crippen LogP contribution in [-0.4, -0.2) is 5.11 Å². The van der Waals surface area contributed by atoms with Gasteiger partial charge < -0.3 is 10.6 Å². The summed E-state index contributed by atoms with van der Waals surface area (Å²) in [6.07, 6.45) is 0. The first-order valence-corrected chi connectivity index (χ1v) is 7.27. The Morgan fingerprint density at radius 1 is 1.05 bits per heavy atom. The number of hydrogen-bond acceptors (Lipinski definition) is 1. The van der Waals surface area contributed by atoms with Gasteiger partial charge in [-0.15, -0.1) is 0 Å². The number of anilines is 2. The quantitative estimate of drug-likeness (QED) is 0.755. The van der Waals surface area contributed by atoms with Gasteiger partial charge in [-0.25, -0.2) is 0 Å². The second-order valence-corrected chi connectivity index (χ2v) is 5.68. The number of hydrogen-bond donors (Lipinski definition) is 2. The Balaban J connectivity index is 2.09. The van der Waals surface area contributed by atoms with Crippen LogP contribution in [0.3, 0.4) is 0 Å². The largest absolute Gasteiger partial charge is 0.332 e. The van der Waals surface area contributed by atoms with E-state index in [2.05, 4.69) is 30.5 Å². The molecule has 0 saturated carbocycles. The van der Waals surface area contributed by atoms with Gasteiger partial charge in [0.05, 0.1) is 0 Å².